The second kappa shape index (κ2) is 11.4. The van der Waals surface area contributed by atoms with Crippen molar-refractivity contribution in [2.24, 2.45) is 0 Å². The van der Waals surface area contributed by atoms with E-state index in [2.05, 4.69) is 15.6 Å². The predicted molar refractivity (Wildman–Crippen MR) is 166 cm³/mol. The van der Waals surface area contributed by atoms with E-state index in [4.69, 9.17) is 4.74 Å². The predicted octanol–water partition coefficient (Wildman–Crippen LogP) is 7.80. The third kappa shape index (κ3) is 6.04. The van der Waals surface area contributed by atoms with E-state index in [1.54, 1.807) is 49.9 Å². The van der Waals surface area contributed by atoms with Gasteiger partial charge in [0.15, 0.2) is 0 Å². The van der Waals surface area contributed by atoms with Crippen LogP contribution in [0.25, 0.3) is 21.3 Å². The second-order valence-electron chi connectivity index (χ2n) is 11.9. The van der Waals surface area contributed by atoms with E-state index >= 15 is 0 Å². The van der Waals surface area contributed by atoms with Gasteiger partial charge < -0.3 is 20.3 Å². The van der Waals surface area contributed by atoms with Crippen molar-refractivity contribution in [1.82, 2.24) is 15.2 Å². The SMILES string of the molecule is CC(C)(C)OC(=O)N1CCCC(NC(=O)c2sc3nccc4c3c2NC(=O)N4c2cccc(-c3ccccc3C(F)(F)F)c2)C1. The molecule has 2 N–H and O–H groups in total. The highest BCUT2D eigenvalue weighted by atomic mass is 32.1. The fourth-order valence-electron chi connectivity index (χ4n) is 5.63. The van der Waals surface area contributed by atoms with Crippen LogP contribution in [0.1, 0.15) is 48.8 Å². The number of thiophene rings is 1. The van der Waals surface area contributed by atoms with E-state index in [0.29, 0.717) is 58.8 Å². The molecule has 6 rings (SSSR count). The van der Waals surface area contributed by atoms with Crippen molar-refractivity contribution < 1.29 is 32.3 Å². The number of piperidine rings is 1. The van der Waals surface area contributed by atoms with Crippen LogP contribution < -0.4 is 15.5 Å². The maximum Gasteiger partial charge on any atom is 0.417 e. The van der Waals surface area contributed by atoms with Crippen LogP contribution in [0, 0.1) is 0 Å². The third-order valence-electron chi connectivity index (χ3n) is 7.51. The molecule has 13 heteroatoms. The number of alkyl halides is 3. The zero-order valence-corrected chi connectivity index (χ0v) is 25.5. The summed E-state index contributed by atoms with van der Waals surface area (Å²) in [6.45, 7) is 6.20. The molecule has 2 aliphatic heterocycles. The average molecular weight is 638 g/mol. The summed E-state index contributed by atoms with van der Waals surface area (Å²) in [6, 6.07) is 12.3. The Morgan fingerprint density at radius 3 is 2.62 bits per heavy atom. The summed E-state index contributed by atoms with van der Waals surface area (Å²) >= 11 is 1.12. The van der Waals surface area contributed by atoms with Gasteiger partial charge in [-0.25, -0.2) is 14.6 Å². The highest BCUT2D eigenvalue weighted by Gasteiger charge is 2.36. The first kappa shape index (κ1) is 30.4. The number of urea groups is 1. The van der Waals surface area contributed by atoms with Gasteiger partial charge in [-0.1, -0.05) is 30.3 Å². The number of carbonyl (C=O) groups is 3. The largest absolute Gasteiger partial charge is 0.444 e. The van der Waals surface area contributed by atoms with Gasteiger partial charge >= 0.3 is 18.3 Å². The number of ether oxygens (including phenoxy) is 1. The number of hydrogen-bond acceptors (Lipinski definition) is 6. The molecule has 4 amide bonds. The molecule has 4 aromatic rings. The minimum atomic E-state index is -4.56. The fraction of sp³-hybridized carbons (Fsp3) is 0.312. The summed E-state index contributed by atoms with van der Waals surface area (Å²) in [7, 11) is 0. The van der Waals surface area contributed by atoms with Crippen molar-refractivity contribution in [2.75, 3.05) is 23.3 Å². The summed E-state index contributed by atoms with van der Waals surface area (Å²) in [5.41, 5.74) is -0.0194. The van der Waals surface area contributed by atoms with Crippen molar-refractivity contribution in [1.29, 1.82) is 0 Å². The molecule has 2 aromatic heterocycles. The van der Waals surface area contributed by atoms with Crippen LogP contribution in [0.4, 0.5) is 39.8 Å². The summed E-state index contributed by atoms with van der Waals surface area (Å²) in [6.07, 6.45) is -2.12. The number of nitrogens with zero attached hydrogens (tertiary/aromatic N) is 3. The Balaban J connectivity index is 1.29. The van der Waals surface area contributed by atoms with Crippen molar-refractivity contribution in [3.8, 4) is 11.1 Å². The van der Waals surface area contributed by atoms with Gasteiger partial charge in [0.1, 0.15) is 15.3 Å². The van der Waals surface area contributed by atoms with Crippen LogP contribution in [-0.2, 0) is 10.9 Å². The van der Waals surface area contributed by atoms with Gasteiger partial charge in [-0.2, -0.15) is 13.2 Å². The van der Waals surface area contributed by atoms with Gasteiger partial charge in [-0.3, -0.25) is 9.69 Å². The number of aromatic nitrogens is 1. The summed E-state index contributed by atoms with van der Waals surface area (Å²) in [4.78, 5) is 47.9. The Morgan fingerprint density at radius 2 is 1.87 bits per heavy atom. The van der Waals surface area contributed by atoms with Crippen LogP contribution in [0.2, 0.25) is 0 Å². The molecule has 9 nitrogen and oxygen atoms in total. The zero-order chi connectivity index (χ0) is 32.1. The number of carbonyl (C=O) groups excluding carboxylic acids is 3. The van der Waals surface area contributed by atoms with E-state index in [9.17, 15) is 27.6 Å². The highest BCUT2D eigenvalue weighted by Crippen LogP contribution is 2.46. The molecular formula is C32H30F3N5O4S. The molecule has 2 aliphatic rings. The Kier molecular flexibility index (Phi) is 7.67. The maximum atomic E-state index is 13.8. The van der Waals surface area contributed by atoms with Gasteiger partial charge in [-0.05, 0) is 69.0 Å². The zero-order valence-electron chi connectivity index (χ0n) is 24.7. The lowest BCUT2D eigenvalue weighted by atomic mass is 9.98. The number of benzene rings is 2. The van der Waals surface area contributed by atoms with Crippen molar-refractivity contribution in [2.45, 2.75) is 51.4 Å². The molecule has 1 saturated heterocycles. The van der Waals surface area contributed by atoms with Gasteiger partial charge in [0, 0.05) is 25.3 Å². The Hall–Kier alpha value is -4.65. The van der Waals surface area contributed by atoms with Gasteiger partial charge in [-0.15, -0.1) is 11.3 Å². The molecule has 2 aromatic carbocycles. The summed E-state index contributed by atoms with van der Waals surface area (Å²) in [5, 5.41) is 6.37. The Bertz CT molecular complexity index is 1820. The van der Waals surface area contributed by atoms with Crippen molar-refractivity contribution in [3.05, 3.63) is 71.2 Å². The molecule has 234 valence electrons. The molecule has 0 radical (unpaired) electrons. The molecule has 45 heavy (non-hydrogen) atoms. The van der Waals surface area contributed by atoms with Crippen LogP contribution in [0.3, 0.4) is 0 Å². The maximum absolute atomic E-state index is 13.8. The molecule has 1 fully saturated rings. The summed E-state index contributed by atoms with van der Waals surface area (Å²) < 4.78 is 46.8. The number of anilines is 3. The van der Waals surface area contributed by atoms with Crippen molar-refractivity contribution in [3.63, 3.8) is 0 Å². The quantitative estimate of drug-likeness (QED) is 0.238. The van der Waals surface area contributed by atoms with Crippen LogP contribution in [0.5, 0.6) is 0 Å². The average Bonchev–Trinajstić information content (AvgIpc) is 3.35. The molecule has 4 heterocycles. The topological polar surface area (TPSA) is 104 Å². The molecule has 1 unspecified atom stereocenters. The van der Waals surface area contributed by atoms with E-state index in [1.807, 2.05) is 0 Å². The van der Waals surface area contributed by atoms with Gasteiger partial charge in [0.25, 0.3) is 5.91 Å². The number of halogens is 3. The first-order valence-corrected chi connectivity index (χ1v) is 15.2. The molecule has 0 spiro atoms. The number of nitrogens with one attached hydrogen (secondary N) is 2. The normalized spacial score (nSPS) is 16.8. The lowest BCUT2D eigenvalue weighted by Crippen LogP contribution is -2.50. The first-order valence-electron chi connectivity index (χ1n) is 14.4. The van der Waals surface area contributed by atoms with E-state index in [1.165, 1.54) is 35.4 Å². The number of likely N-dealkylation sites (tertiary alicyclic amines) is 1. The molecular weight excluding hydrogens is 607 g/mol. The van der Waals surface area contributed by atoms with Gasteiger partial charge in [0.05, 0.1) is 28.0 Å². The lowest BCUT2D eigenvalue weighted by Gasteiger charge is -2.34. The second-order valence-corrected chi connectivity index (χ2v) is 12.9. The number of hydrogen-bond donors (Lipinski definition) is 2. The fourth-order valence-corrected chi connectivity index (χ4v) is 6.66. The third-order valence-corrected chi connectivity index (χ3v) is 8.60. The van der Waals surface area contributed by atoms with Crippen molar-refractivity contribution >= 4 is 56.6 Å². The van der Waals surface area contributed by atoms with Crippen LogP contribution in [0.15, 0.2) is 60.8 Å². The standard InChI is InChI=1S/C32H30F3N5O4S/c1-31(2,3)44-30(43)39-15-7-9-19(17-39)37-27(41)26-25-24-23(13-14-36-28(24)45-26)40(29(42)38-25)20-10-6-8-18(16-20)21-11-4-5-12-22(21)32(33,34)35/h4-6,8,10-14,16,19H,7,9,15,17H2,1-3H3,(H,37,41)(H,38,42). The molecule has 1 atom stereocenters. The monoisotopic (exact) mass is 637 g/mol. The molecule has 0 saturated carbocycles. The Morgan fingerprint density at radius 1 is 1.09 bits per heavy atom. The molecule has 0 aliphatic carbocycles. The van der Waals surface area contributed by atoms with E-state index in [-0.39, 0.29) is 16.5 Å². The minimum Gasteiger partial charge on any atom is -0.444 e. The summed E-state index contributed by atoms with van der Waals surface area (Å²) in [5.74, 6) is -0.408. The van der Waals surface area contributed by atoms with E-state index < -0.39 is 35.4 Å². The first-order chi connectivity index (χ1) is 21.3. The Labute approximate surface area is 261 Å². The molecule has 0 bridgehead atoms. The van der Waals surface area contributed by atoms with Gasteiger partial charge in [0.2, 0.25) is 0 Å². The number of rotatable bonds is 4. The highest BCUT2D eigenvalue weighted by molar-refractivity contribution is 7.21. The van der Waals surface area contributed by atoms with E-state index in [0.717, 1.165) is 17.4 Å². The lowest BCUT2D eigenvalue weighted by molar-refractivity contribution is -0.137. The minimum absolute atomic E-state index is 0.00716. The smallest absolute Gasteiger partial charge is 0.417 e. The number of amides is 4. The van der Waals surface area contributed by atoms with Crippen LogP contribution in [-0.4, -0.2) is 52.6 Å². The number of pyridine rings is 1. The van der Waals surface area contributed by atoms with Crippen LogP contribution >= 0.6 is 11.3 Å².